The molecule has 0 heterocycles. The van der Waals surface area contributed by atoms with Crippen molar-refractivity contribution in [2.75, 3.05) is 46.0 Å². The molecule has 0 unspecified atom stereocenters. The van der Waals surface area contributed by atoms with E-state index in [1.807, 2.05) is 0 Å². The quantitative estimate of drug-likeness (QED) is 0.537. The predicted molar refractivity (Wildman–Crippen MR) is 99.3 cm³/mol. The summed E-state index contributed by atoms with van der Waals surface area (Å²) in [5.41, 5.74) is 0. The standard InChI is InChI=1S/C12H15ClO3.C5H12O3S/c1-15-8-2-3-11(14)9-16-12-6-4-10(13)5-7-12;1-8-4-3-5-9(2,6)7/h4-7H,2-3,8-9H2,1H3;3-5H2,1-2H3. The Labute approximate surface area is 155 Å². The van der Waals surface area contributed by atoms with Crippen LogP contribution in [0.15, 0.2) is 24.3 Å². The Morgan fingerprint density at radius 2 is 1.60 bits per heavy atom. The van der Waals surface area contributed by atoms with E-state index in [-0.39, 0.29) is 18.1 Å². The van der Waals surface area contributed by atoms with E-state index in [4.69, 9.17) is 21.1 Å². The van der Waals surface area contributed by atoms with Crippen LogP contribution in [0.4, 0.5) is 0 Å². The SMILES string of the molecule is COCCCC(=O)COc1ccc(Cl)cc1.COCCCS(C)(=O)=O. The van der Waals surface area contributed by atoms with Crippen LogP contribution >= 0.6 is 11.6 Å². The van der Waals surface area contributed by atoms with Gasteiger partial charge < -0.3 is 14.2 Å². The Balaban J connectivity index is 0.000000547. The second kappa shape index (κ2) is 14.1. The minimum absolute atomic E-state index is 0.0759. The highest BCUT2D eigenvalue weighted by atomic mass is 35.5. The van der Waals surface area contributed by atoms with Gasteiger partial charge in [0.1, 0.15) is 22.2 Å². The second-order valence-electron chi connectivity index (χ2n) is 5.35. The molecular formula is C17H27ClO6S. The number of hydrogen-bond donors (Lipinski definition) is 0. The first-order valence-electron chi connectivity index (χ1n) is 7.84. The predicted octanol–water partition coefficient (Wildman–Crippen LogP) is 2.78. The van der Waals surface area contributed by atoms with Gasteiger partial charge in [0.15, 0.2) is 5.78 Å². The number of ketones is 1. The van der Waals surface area contributed by atoms with Crippen LogP contribution in [-0.2, 0) is 24.1 Å². The fourth-order valence-corrected chi connectivity index (χ4v) is 2.41. The molecule has 25 heavy (non-hydrogen) atoms. The molecule has 0 aromatic heterocycles. The van der Waals surface area contributed by atoms with E-state index >= 15 is 0 Å². The first kappa shape index (κ1) is 23.9. The molecule has 0 bridgehead atoms. The molecule has 8 heteroatoms. The molecule has 6 nitrogen and oxygen atoms in total. The monoisotopic (exact) mass is 394 g/mol. The summed E-state index contributed by atoms with van der Waals surface area (Å²) in [6.45, 7) is 1.23. The van der Waals surface area contributed by atoms with E-state index in [2.05, 4.69) is 4.74 Å². The molecule has 0 atom stereocenters. The third kappa shape index (κ3) is 16.1. The zero-order valence-corrected chi connectivity index (χ0v) is 16.6. The van der Waals surface area contributed by atoms with Crippen molar-refractivity contribution in [1.29, 1.82) is 0 Å². The topological polar surface area (TPSA) is 78.9 Å². The van der Waals surface area contributed by atoms with Gasteiger partial charge in [-0.2, -0.15) is 0 Å². The van der Waals surface area contributed by atoms with Gasteiger partial charge in [0.05, 0.1) is 5.75 Å². The summed E-state index contributed by atoms with van der Waals surface area (Å²) in [5, 5.41) is 0.652. The van der Waals surface area contributed by atoms with Crippen LogP contribution in [0.3, 0.4) is 0 Å². The van der Waals surface area contributed by atoms with E-state index in [0.29, 0.717) is 36.8 Å². The molecule has 1 aromatic carbocycles. The largest absolute Gasteiger partial charge is 0.486 e. The lowest BCUT2D eigenvalue weighted by molar-refractivity contribution is -0.121. The summed E-state index contributed by atoms with van der Waals surface area (Å²) in [6.07, 6.45) is 3.04. The van der Waals surface area contributed by atoms with Crippen molar-refractivity contribution in [3.63, 3.8) is 0 Å². The van der Waals surface area contributed by atoms with Gasteiger partial charge in [-0.3, -0.25) is 4.79 Å². The number of sulfone groups is 1. The maximum atomic E-state index is 11.4. The van der Waals surface area contributed by atoms with Crippen LogP contribution < -0.4 is 4.74 Å². The van der Waals surface area contributed by atoms with Crippen LogP contribution in [0.5, 0.6) is 5.75 Å². The fraction of sp³-hybridized carbons (Fsp3) is 0.588. The van der Waals surface area contributed by atoms with Gasteiger partial charge in [0, 0.05) is 45.1 Å². The number of carbonyl (C=O) groups is 1. The molecule has 0 aliphatic heterocycles. The van der Waals surface area contributed by atoms with E-state index in [9.17, 15) is 13.2 Å². The lowest BCUT2D eigenvalue weighted by Crippen LogP contribution is -2.11. The maximum absolute atomic E-state index is 11.4. The molecule has 0 N–H and O–H groups in total. The van der Waals surface area contributed by atoms with E-state index < -0.39 is 9.84 Å². The number of carbonyl (C=O) groups excluding carboxylic acids is 1. The van der Waals surface area contributed by atoms with Gasteiger partial charge in [-0.1, -0.05) is 11.6 Å². The van der Waals surface area contributed by atoms with Crippen molar-refractivity contribution in [2.45, 2.75) is 19.3 Å². The van der Waals surface area contributed by atoms with Crippen molar-refractivity contribution in [3.8, 4) is 5.75 Å². The normalized spacial score (nSPS) is 10.7. The summed E-state index contributed by atoms with van der Waals surface area (Å²) >= 11 is 5.72. The Hall–Kier alpha value is -1.15. The molecule has 0 amide bonds. The van der Waals surface area contributed by atoms with Gasteiger partial charge in [-0.15, -0.1) is 0 Å². The molecule has 0 aliphatic carbocycles. The van der Waals surface area contributed by atoms with Crippen LogP contribution in [-0.4, -0.2) is 60.2 Å². The van der Waals surface area contributed by atoms with Gasteiger partial charge in [0.2, 0.25) is 0 Å². The molecule has 0 saturated heterocycles. The van der Waals surface area contributed by atoms with E-state index in [1.165, 1.54) is 6.26 Å². The number of Topliss-reactive ketones (excluding diaryl/α,β-unsaturated/α-hetero) is 1. The minimum atomic E-state index is -2.78. The van der Waals surface area contributed by atoms with Crippen molar-refractivity contribution < 1.29 is 27.4 Å². The average molecular weight is 395 g/mol. The Bertz CT molecular complexity index is 571. The number of hydrogen-bond acceptors (Lipinski definition) is 6. The lowest BCUT2D eigenvalue weighted by Gasteiger charge is -2.05. The minimum Gasteiger partial charge on any atom is -0.486 e. The van der Waals surface area contributed by atoms with E-state index in [1.54, 1.807) is 38.5 Å². The van der Waals surface area contributed by atoms with Gasteiger partial charge >= 0.3 is 0 Å². The van der Waals surface area contributed by atoms with Crippen molar-refractivity contribution in [3.05, 3.63) is 29.3 Å². The summed E-state index contributed by atoms with van der Waals surface area (Å²) in [5.74, 6) is 0.956. The molecule has 1 rings (SSSR count). The highest BCUT2D eigenvalue weighted by Crippen LogP contribution is 2.15. The maximum Gasteiger partial charge on any atom is 0.170 e. The molecule has 0 spiro atoms. The second-order valence-corrected chi connectivity index (χ2v) is 8.05. The molecule has 0 radical (unpaired) electrons. The van der Waals surface area contributed by atoms with Gasteiger partial charge in [0.25, 0.3) is 0 Å². The molecule has 0 saturated carbocycles. The fourth-order valence-electron chi connectivity index (χ4n) is 1.65. The zero-order chi connectivity index (χ0) is 19.1. The van der Waals surface area contributed by atoms with Crippen molar-refractivity contribution in [2.24, 2.45) is 0 Å². The summed E-state index contributed by atoms with van der Waals surface area (Å²) < 4.78 is 35.7. The van der Waals surface area contributed by atoms with Gasteiger partial charge in [-0.25, -0.2) is 8.42 Å². The number of methoxy groups -OCH3 is 2. The Morgan fingerprint density at radius 1 is 1.04 bits per heavy atom. The van der Waals surface area contributed by atoms with Crippen LogP contribution in [0.2, 0.25) is 5.02 Å². The number of rotatable bonds is 11. The number of halogens is 1. The Morgan fingerprint density at radius 3 is 2.12 bits per heavy atom. The number of ether oxygens (including phenoxy) is 3. The molecular weight excluding hydrogens is 368 g/mol. The van der Waals surface area contributed by atoms with Crippen LogP contribution in [0.1, 0.15) is 19.3 Å². The third-order valence-corrected chi connectivity index (χ3v) is 4.16. The lowest BCUT2D eigenvalue weighted by atomic mass is 10.2. The summed E-state index contributed by atoms with van der Waals surface area (Å²) in [6, 6.07) is 6.94. The molecule has 144 valence electrons. The first-order chi connectivity index (χ1) is 11.8. The third-order valence-electron chi connectivity index (χ3n) is 2.88. The average Bonchev–Trinajstić information content (AvgIpc) is 2.54. The summed E-state index contributed by atoms with van der Waals surface area (Å²) in [7, 11) is 0.401. The van der Waals surface area contributed by atoms with Crippen LogP contribution in [0, 0.1) is 0 Å². The highest BCUT2D eigenvalue weighted by molar-refractivity contribution is 7.90. The van der Waals surface area contributed by atoms with Crippen LogP contribution in [0.25, 0.3) is 0 Å². The zero-order valence-electron chi connectivity index (χ0n) is 15.0. The highest BCUT2D eigenvalue weighted by Gasteiger charge is 2.03. The van der Waals surface area contributed by atoms with Crippen molar-refractivity contribution >= 4 is 27.2 Å². The van der Waals surface area contributed by atoms with Crippen molar-refractivity contribution in [1.82, 2.24) is 0 Å². The molecule has 1 aromatic rings. The first-order valence-corrected chi connectivity index (χ1v) is 10.3. The smallest absolute Gasteiger partial charge is 0.170 e. The molecule has 0 fully saturated rings. The molecule has 0 aliphatic rings. The Kier molecular flexibility index (Phi) is 13.4. The summed E-state index contributed by atoms with van der Waals surface area (Å²) in [4.78, 5) is 11.4. The van der Waals surface area contributed by atoms with Gasteiger partial charge in [-0.05, 0) is 37.1 Å². The van der Waals surface area contributed by atoms with E-state index in [0.717, 1.165) is 6.42 Å². The number of benzene rings is 1.